The maximum Gasteiger partial charge on any atom is 0.264 e. The molecule has 0 saturated carbocycles. The molecule has 0 radical (unpaired) electrons. The summed E-state index contributed by atoms with van der Waals surface area (Å²) < 4.78 is 25.7. The van der Waals surface area contributed by atoms with Crippen LogP contribution in [0.15, 0.2) is 53.4 Å². The summed E-state index contributed by atoms with van der Waals surface area (Å²) in [6.07, 6.45) is 0. The first kappa shape index (κ1) is 13.2. The van der Waals surface area contributed by atoms with E-state index in [9.17, 15) is 18.6 Å². The predicted molar refractivity (Wildman–Crippen MR) is 71.8 cm³/mol. The van der Waals surface area contributed by atoms with Crippen molar-refractivity contribution in [2.75, 3.05) is 11.4 Å². The van der Waals surface area contributed by atoms with Gasteiger partial charge in [0, 0.05) is 19.2 Å². The molecule has 2 aromatic carbocycles. The van der Waals surface area contributed by atoms with E-state index in [1.807, 2.05) is 0 Å². The van der Waals surface area contributed by atoms with Crippen LogP contribution in [-0.2, 0) is 10.0 Å². The quantitative estimate of drug-likeness (QED) is 0.899. The fraction of sp³-hybridized carbons (Fsp3) is 0.0769. The second kappa shape index (κ2) is 4.81. The van der Waals surface area contributed by atoms with Crippen molar-refractivity contribution in [2.24, 2.45) is 0 Å². The smallest absolute Gasteiger partial charge is 0.264 e. The molecule has 0 aliphatic heterocycles. The molecule has 0 heterocycles. The van der Waals surface area contributed by atoms with Crippen LogP contribution in [0.2, 0.25) is 0 Å². The summed E-state index contributed by atoms with van der Waals surface area (Å²) in [5, 5.41) is 18.7. The van der Waals surface area contributed by atoms with Crippen molar-refractivity contribution in [3.63, 3.8) is 0 Å². The van der Waals surface area contributed by atoms with Crippen LogP contribution in [-0.4, -0.2) is 25.7 Å². The van der Waals surface area contributed by atoms with E-state index in [2.05, 4.69) is 0 Å². The monoisotopic (exact) mass is 279 g/mol. The summed E-state index contributed by atoms with van der Waals surface area (Å²) in [6.45, 7) is 0. The largest absolute Gasteiger partial charge is 0.508 e. The van der Waals surface area contributed by atoms with Gasteiger partial charge < -0.3 is 10.2 Å². The Hall–Kier alpha value is -2.21. The molecule has 0 unspecified atom stereocenters. The molecule has 5 nitrogen and oxygen atoms in total. The summed E-state index contributed by atoms with van der Waals surface area (Å²) in [6, 6.07) is 11.4. The SMILES string of the molecule is CN(c1cccc(O)c1)S(=O)(=O)c1cccc(O)c1. The second-order valence-corrected chi connectivity index (χ2v) is 5.96. The van der Waals surface area contributed by atoms with E-state index in [0.717, 1.165) is 4.31 Å². The lowest BCUT2D eigenvalue weighted by Crippen LogP contribution is -2.26. The average molecular weight is 279 g/mol. The molecular formula is C13H13NO4S. The first-order chi connectivity index (χ1) is 8.91. The highest BCUT2D eigenvalue weighted by atomic mass is 32.2. The third-order valence-electron chi connectivity index (χ3n) is 2.67. The lowest BCUT2D eigenvalue weighted by molar-refractivity contribution is 0.473. The number of hydrogen-bond donors (Lipinski definition) is 2. The van der Waals surface area contributed by atoms with Gasteiger partial charge in [-0.15, -0.1) is 0 Å². The van der Waals surface area contributed by atoms with Gasteiger partial charge in [-0.1, -0.05) is 12.1 Å². The van der Waals surface area contributed by atoms with Crippen molar-refractivity contribution in [1.82, 2.24) is 0 Å². The number of benzene rings is 2. The van der Waals surface area contributed by atoms with Gasteiger partial charge in [-0.05, 0) is 24.3 Å². The van der Waals surface area contributed by atoms with Crippen molar-refractivity contribution < 1.29 is 18.6 Å². The molecule has 0 amide bonds. The fourth-order valence-corrected chi connectivity index (χ4v) is 2.86. The number of hydrogen-bond acceptors (Lipinski definition) is 4. The van der Waals surface area contributed by atoms with Crippen LogP contribution in [0.1, 0.15) is 0 Å². The summed E-state index contributed by atoms with van der Waals surface area (Å²) in [5.74, 6) is -0.138. The van der Waals surface area contributed by atoms with Crippen molar-refractivity contribution in [2.45, 2.75) is 4.90 Å². The van der Waals surface area contributed by atoms with E-state index in [4.69, 9.17) is 0 Å². The van der Waals surface area contributed by atoms with Crippen LogP contribution in [0.5, 0.6) is 11.5 Å². The third-order valence-corrected chi connectivity index (χ3v) is 4.45. The van der Waals surface area contributed by atoms with E-state index in [1.165, 1.54) is 43.4 Å². The van der Waals surface area contributed by atoms with E-state index in [0.29, 0.717) is 5.69 Å². The number of aromatic hydroxyl groups is 2. The summed E-state index contributed by atoms with van der Waals surface area (Å²) in [5.41, 5.74) is 0.336. The highest BCUT2D eigenvalue weighted by Gasteiger charge is 2.21. The molecule has 2 aromatic rings. The zero-order chi connectivity index (χ0) is 14.0. The highest BCUT2D eigenvalue weighted by molar-refractivity contribution is 7.92. The van der Waals surface area contributed by atoms with Crippen LogP contribution < -0.4 is 4.31 Å². The zero-order valence-corrected chi connectivity index (χ0v) is 11.0. The molecule has 0 saturated heterocycles. The Balaban J connectivity index is 2.45. The van der Waals surface area contributed by atoms with Crippen molar-refractivity contribution >= 4 is 15.7 Å². The van der Waals surface area contributed by atoms with E-state index in [-0.39, 0.29) is 16.4 Å². The van der Waals surface area contributed by atoms with Gasteiger partial charge in [0.15, 0.2) is 0 Å². The normalized spacial score (nSPS) is 11.2. The van der Waals surface area contributed by atoms with Gasteiger partial charge in [-0.2, -0.15) is 0 Å². The van der Waals surface area contributed by atoms with E-state index in [1.54, 1.807) is 12.1 Å². The Morgan fingerprint density at radius 3 is 2.11 bits per heavy atom. The molecule has 19 heavy (non-hydrogen) atoms. The molecule has 100 valence electrons. The molecule has 0 fully saturated rings. The molecule has 2 N–H and O–H groups in total. The van der Waals surface area contributed by atoms with Gasteiger partial charge in [0.2, 0.25) is 0 Å². The van der Waals surface area contributed by atoms with Gasteiger partial charge in [0.05, 0.1) is 10.6 Å². The Morgan fingerprint density at radius 1 is 0.947 bits per heavy atom. The van der Waals surface area contributed by atoms with Crippen molar-refractivity contribution in [3.8, 4) is 11.5 Å². The average Bonchev–Trinajstić information content (AvgIpc) is 2.38. The maximum absolute atomic E-state index is 12.3. The minimum Gasteiger partial charge on any atom is -0.508 e. The summed E-state index contributed by atoms with van der Waals surface area (Å²) in [4.78, 5) is -0.0154. The van der Waals surface area contributed by atoms with Crippen LogP contribution in [0.3, 0.4) is 0 Å². The van der Waals surface area contributed by atoms with Crippen LogP contribution >= 0.6 is 0 Å². The van der Waals surface area contributed by atoms with Crippen LogP contribution in [0.4, 0.5) is 5.69 Å². The Labute approximate surface area is 111 Å². The van der Waals surface area contributed by atoms with Crippen LogP contribution in [0.25, 0.3) is 0 Å². The lowest BCUT2D eigenvalue weighted by atomic mass is 10.3. The zero-order valence-electron chi connectivity index (χ0n) is 10.2. The molecule has 6 heteroatoms. The molecule has 2 rings (SSSR count). The van der Waals surface area contributed by atoms with Gasteiger partial charge >= 0.3 is 0 Å². The second-order valence-electron chi connectivity index (χ2n) is 3.99. The maximum atomic E-state index is 12.3. The van der Waals surface area contributed by atoms with Gasteiger partial charge in [0.25, 0.3) is 10.0 Å². The van der Waals surface area contributed by atoms with Crippen molar-refractivity contribution in [3.05, 3.63) is 48.5 Å². The van der Waals surface area contributed by atoms with E-state index >= 15 is 0 Å². The van der Waals surface area contributed by atoms with Gasteiger partial charge in [0.1, 0.15) is 11.5 Å². The topological polar surface area (TPSA) is 77.8 Å². The molecule has 0 aliphatic carbocycles. The highest BCUT2D eigenvalue weighted by Crippen LogP contribution is 2.26. The van der Waals surface area contributed by atoms with Gasteiger partial charge in [-0.25, -0.2) is 8.42 Å². The standard InChI is InChI=1S/C13H13NO4S/c1-14(10-4-2-5-11(15)8-10)19(17,18)13-7-3-6-12(16)9-13/h2-9,15-16H,1H3. The fourth-order valence-electron chi connectivity index (χ4n) is 1.63. The number of phenolic OH excluding ortho intramolecular Hbond substituents is 2. The van der Waals surface area contributed by atoms with E-state index < -0.39 is 10.0 Å². The third kappa shape index (κ3) is 2.63. The number of rotatable bonds is 3. The first-order valence-electron chi connectivity index (χ1n) is 5.48. The molecule has 0 aliphatic rings. The number of anilines is 1. The molecule has 0 spiro atoms. The molecule has 0 aromatic heterocycles. The molecular weight excluding hydrogens is 266 g/mol. The minimum absolute atomic E-state index is 0.0154. The lowest BCUT2D eigenvalue weighted by Gasteiger charge is -2.19. The summed E-state index contributed by atoms with van der Waals surface area (Å²) >= 11 is 0. The Kier molecular flexibility index (Phi) is 3.35. The minimum atomic E-state index is -3.77. The first-order valence-corrected chi connectivity index (χ1v) is 6.92. The summed E-state index contributed by atoms with van der Waals surface area (Å²) in [7, 11) is -2.39. The Bertz CT molecular complexity index is 697. The number of sulfonamides is 1. The van der Waals surface area contributed by atoms with Crippen LogP contribution in [0, 0.1) is 0 Å². The molecule has 0 atom stereocenters. The number of nitrogens with zero attached hydrogens (tertiary/aromatic N) is 1. The predicted octanol–water partition coefficient (Wildman–Crippen LogP) is 1.92. The number of phenols is 2. The van der Waals surface area contributed by atoms with Crippen molar-refractivity contribution in [1.29, 1.82) is 0 Å². The Morgan fingerprint density at radius 2 is 1.53 bits per heavy atom. The molecule has 0 bridgehead atoms. The van der Waals surface area contributed by atoms with Gasteiger partial charge in [-0.3, -0.25) is 4.31 Å².